The van der Waals surface area contributed by atoms with Crippen LogP contribution in [0.5, 0.6) is 11.5 Å². The average Bonchev–Trinajstić information content (AvgIpc) is 2.79. The van der Waals surface area contributed by atoms with Crippen LogP contribution in [0.15, 0.2) is 18.2 Å². The van der Waals surface area contributed by atoms with E-state index in [-0.39, 0.29) is 12.1 Å². The van der Waals surface area contributed by atoms with Crippen LogP contribution in [0.3, 0.4) is 0 Å². The van der Waals surface area contributed by atoms with Gasteiger partial charge in [-0.3, -0.25) is 0 Å². The Morgan fingerprint density at radius 1 is 1.26 bits per heavy atom. The van der Waals surface area contributed by atoms with Crippen molar-refractivity contribution in [2.45, 2.75) is 69.8 Å². The topological polar surface area (TPSA) is 54.0 Å². The maximum atomic E-state index is 13.1. The number of benzene rings is 1. The number of ether oxygens (including phenoxy) is 2. The molecule has 4 rings (SSSR count). The van der Waals surface area contributed by atoms with Crippen molar-refractivity contribution in [2.24, 2.45) is 0 Å². The highest BCUT2D eigenvalue weighted by Crippen LogP contribution is 2.35. The first-order valence-corrected chi connectivity index (χ1v) is 9.98. The smallest absolute Gasteiger partial charge is 0.318 e. The minimum Gasteiger partial charge on any atom is -0.497 e. The average molecular weight is 373 g/mol. The first-order chi connectivity index (χ1) is 12.8. The Bertz CT molecular complexity index is 707. The van der Waals surface area contributed by atoms with Gasteiger partial charge in [0.15, 0.2) is 0 Å². The summed E-state index contributed by atoms with van der Waals surface area (Å²) in [4.78, 5) is 17.5. The van der Waals surface area contributed by atoms with Gasteiger partial charge in [0.05, 0.1) is 20.2 Å². The van der Waals surface area contributed by atoms with E-state index in [2.05, 4.69) is 17.3 Å². The standard InChI is InChI=1S/C21H31N3O3/c1-21(2)13-24(12-14-5-8-18(26-4)11-19(14)27-21)20(25)22-15-9-16-6-7-17(10-15)23(16)3/h5,8,11,15-17H,6-7,9-10,12-13H2,1-4H3,(H,22,25). The zero-order valence-corrected chi connectivity index (χ0v) is 16.8. The Kier molecular flexibility index (Phi) is 4.70. The number of urea groups is 1. The van der Waals surface area contributed by atoms with Crippen LogP contribution < -0.4 is 14.8 Å². The summed E-state index contributed by atoms with van der Waals surface area (Å²) in [5.74, 6) is 1.57. The zero-order chi connectivity index (χ0) is 19.2. The van der Waals surface area contributed by atoms with Crippen molar-refractivity contribution in [2.75, 3.05) is 20.7 Å². The fraction of sp³-hybridized carbons (Fsp3) is 0.667. The Morgan fingerprint density at radius 3 is 2.63 bits per heavy atom. The molecule has 0 aromatic heterocycles. The fourth-order valence-corrected chi connectivity index (χ4v) is 4.88. The van der Waals surface area contributed by atoms with Gasteiger partial charge in [0.1, 0.15) is 17.1 Å². The minimum atomic E-state index is -0.458. The Balaban J connectivity index is 1.48. The van der Waals surface area contributed by atoms with Gasteiger partial charge < -0.3 is 24.6 Å². The van der Waals surface area contributed by atoms with Crippen LogP contribution in [0.1, 0.15) is 45.1 Å². The van der Waals surface area contributed by atoms with E-state index in [1.807, 2.05) is 36.9 Å². The molecule has 6 nitrogen and oxygen atoms in total. The normalized spacial score (nSPS) is 29.5. The molecule has 1 aromatic carbocycles. The first-order valence-electron chi connectivity index (χ1n) is 9.98. The van der Waals surface area contributed by atoms with Gasteiger partial charge in [-0.1, -0.05) is 0 Å². The van der Waals surface area contributed by atoms with E-state index < -0.39 is 5.60 Å². The van der Waals surface area contributed by atoms with Crippen LogP contribution in [-0.2, 0) is 6.54 Å². The summed E-state index contributed by atoms with van der Waals surface area (Å²) in [5, 5.41) is 3.31. The number of nitrogens with one attached hydrogen (secondary N) is 1. The van der Waals surface area contributed by atoms with Crippen molar-refractivity contribution < 1.29 is 14.3 Å². The van der Waals surface area contributed by atoms with Crippen LogP contribution in [0.25, 0.3) is 0 Å². The maximum Gasteiger partial charge on any atom is 0.318 e. The van der Waals surface area contributed by atoms with Gasteiger partial charge in [-0.15, -0.1) is 0 Å². The molecule has 3 heterocycles. The Labute approximate surface area is 161 Å². The zero-order valence-electron chi connectivity index (χ0n) is 16.8. The quantitative estimate of drug-likeness (QED) is 0.866. The third-order valence-electron chi connectivity index (χ3n) is 6.31. The molecular formula is C21H31N3O3. The molecule has 0 radical (unpaired) electrons. The molecule has 2 unspecified atom stereocenters. The van der Waals surface area contributed by atoms with Crippen molar-refractivity contribution in [3.05, 3.63) is 23.8 Å². The number of hydrogen-bond acceptors (Lipinski definition) is 4. The van der Waals surface area contributed by atoms with Crippen molar-refractivity contribution in [3.63, 3.8) is 0 Å². The molecule has 2 atom stereocenters. The van der Waals surface area contributed by atoms with Crippen molar-refractivity contribution in [1.29, 1.82) is 0 Å². The largest absolute Gasteiger partial charge is 0.497 e. The predicted molar refractivity (Wildman–Crippen MR) is 104 cm³/mol. The molecule has 6 heteroatoms. The predicted octanol–water partition coefficient (Wildman–Crippen LogP) is 3.00. The number of amides is 2. The summed E-state index contributed by atoms with van der Waals surface area (Å²) in [5.41, 5.74) is 0.556. The number of methoxy groups -OCH3 is 1. The minimum absolute atomic E-state index is 0.0179. The van der Waals surface area contributed by atoms with Crippen LogP contribution >= 0.6 is 0 Å². The lowest BCUT2D eigenvalue weighted by molar-refractivity contribution is 0.0778. The lowest BCUT2D eigenvalue weighted by Gasteiger charge is -2.38. The maximum absolute atomic E-state index is 13.1. The van der Waals surface area contributed by atoms with E-state index in [1.165, 1.54) is 12.8 Å². The molecule has 0 aliphatic carbocycles. The number of fused-ring (bicyclic) bond motifs is 3. The van der Waals surface area contributed by atoms with Gasteiger partial charge in [0.25, 0.3) is 0 Å². The van der Waals surface area contributed by atoms with E-state index in [0.29, 0.717) is 25.2 Å². The van der Waals surface area contributed by atoms with Gasteiger partial charge in [-0.2, -0.15) is 0 Å². The molecule has 0 spiro atoms. The second-order valence-corrected chi connectivity index (χ2v) is 8.86. The lowest BCUT2D eigenvalue weighted by atomic mass is 9.98. The summed E-state index contributed by atoms with van der Waals surface area (Å²) in [6.07, 6.45) is 4.63. The summed E-state index contributed by atoms with van der Waals surface area (Å²) in [6, 6.07) is 7.35. The summed E-state index contributed by atoms with van der Waals surface area (Å²) < 4.78 is 11.5. The summed E-state index contributed by atoms with van der Waals surface area (Å²) in [7, 11) is 3.87. The number of carbonyl (C=O) groups excluding carboxylic acids is 1. The molecule has 148 valence electrons. The second-order valence-electron chi connectivity index (χ2n) is 8.86. The first kappa shape index (κ1) is 18.4. The SMILES string of the molecule is COc1ccc2c(c1)OC(C)(C)CN(C(=O)NC1CC3CCC(C1)N3C)C2. The molecular weight excluding hydrogens is 342 g/mol. The summed E-state index contributed by atoms with van der Waals surface area (Å²) in [6.45, 7) is 5.15. The molecule has 3 aliphatic heterocycles. The Morgan fingerprint density at radius 2 is 1.96 bits per heavy atom. The highest BCUT2D eigenvalue weighted by atomic mass is 16.5. The second kappa shape index (κ2) is 6.89. The van der Waals surface area contributed by atoms with Crippen molar-refractivity contribution in [3.8, 4) is 11.5 Å². The van der Waals surface area contributed by atoms with Crippen LogP contribution in [0.2, 0.25) is 0 Å². The summed E-state index contributed by atoms with van der Waals surface area (Å²) >= 11 is 0. The van der Waals surface area contributed by atoms with E-state index in [0.717, 1.165) is 29.9 Å². The highest BCUT2D eigenvalue weighted by Gasteiger charge is 2.40. The third-order valence-corrected chi connectivity index (χ3v) is 6.31. The lowest BCUT2D eigenvalue weighted by Crippen LogP contribution is -2.53. The number of rotatable bonds is 2. The molecule has 2 saturated heterocycles. The molecule has 2 amide bonds. The van der Waals surface area contributed by atoms with E-state index in [4.69, 9.17) is 9.47 Å². The van der Waals surface area contributed by atoms with E-state index >= 15 is 0 Å². The van der Waals surface area contributed by atoms with Gasteiger partial charge >= 0.3 is 6.03 Å². The van der Waals surface area contributed by atoms with Crippen molar-refractivity contribution >= 4 is 6.03 Å². The van der Waals surface area contributed by atoms with Gasteiger partial charge in [-0.05, 0) is 58.7 Å². The molecule has 27 heavy (non-hydrogen) atoms. The number of carbonyl (C=O) groups is 1. The monoisotopic (exact) mass is 373 g/mol. The number of nitrogens with zero attached hydrogens (tertiary/aromatic N) is 2. The van der Waals surface area contributed by atoms with E-state index in [1.54, 1.807) is 7.11 Å². The third kappa shape index (κ3) is 3.72. The molecule has 3 aliphatic rings. The molecule has 2 bridgehead atoms. The van der Waals surface area contributed by atoms with Gasteiger partial charge in [-0.25, -0.2) is 4.79 Å². The van der Waals surface area contributed by atoms with Gasteiger partial charge in [0.2, 0.25) is 0 Å². The van der Waals surface area contributed by atoms with E-state index in [9.17, 15) is 4.79 Å². The molecule has 1 N–H and O–H groups in total. The van der Waals surface area contributed by atoms with Crippen LogP contribution in [-0.4, -0.2) is 60.3 Å². The van der Waals surface area contributed by atoms with Crippen molar-refractivity contribution in [1.82, 2.24) is 15.1 Å². The molecule has 2 fully saturated rings. The number of hydrogen-bond donors (Lipinski definition) is 1. The van der Waals surface area contributed by atoms with Crippen LogP contribution in [0.4, 0.5) is 4.79 Å². The highest BCUT2D eigenvalue weighted by molar-refractivity contribution is 5.75. The molecule has 1 aromatic rings. The van der Waals surface area contributed by atoms with Crippen LogP contribution in [0, 0.1) is 0 Å². The molecule has 0 saturated carbocycles. The van der Waals surface area contributed by atoms with Gasteiger partial charge in [0, 0.05) is 29.8 Å². The number of piperidine rings is 1. The Hall–Kier alpha value is -1.95. The fourth-order valence-electron chi connectivity index (χ4n) is 4.88.